The summed E-state index contributed by atoms with van der Waals surface area (Å²) in [5.41, 5.74) is 10.2. The number of H-pyrrole nitrogens is 1. The fraction of sp³-hybridized carbons (Fsp3) is 0.179. The van der Waals surface area contributed by atoms with Gasteiger partial charge in [0.05, 0.1) is 17.4 Å². The SMILES string of the molecule is Cc1cc2[nH]cnc2cc1-c1ccc(CNC2Cc3ccccc3C2)c2ccccc12. The molecule has 0 unspecified atom stereocenters. The van der Waals surface area contributed by atoms with Crippen molar-refractivity contribution in [3.05, 3.63) is 101 Å². The highest BCUT2D eigenvalue weighted by atomic mass is 14.9. The van der Waals surface area contributed by atoms with Gasteiger partial charge in [0, 0.05) is 12.6 Å². The Bertz CT molecular complexity index is 1390. The van der Waals surface area contributed by atoms with Crippen LogP contribution in [0.15, 0.2) is 79.1 Å². The van der Waals surface area contributed by atoms with Crippen LogP contribution in [-0.4, -0.2) is 16.0 Å². The average molecular weight is 404 g/mol. The Labute approximate surface area is 182 Å². The van der Waals surface area contributed by atoms with Gasteiger partial charge in [0.2, 0.25) is 0 Å². The smallest absolute Gasteiger partial charge is 0.0931 e. The van der Waals surface area contributed by atoms with Crippen molar-refractivity contribution in [3.63, 3.8) is 0 Å². The predicted molar refractivity (Wildman–Crippen MR) is 128 cm³/mol. The fourth-order valence-electron chi connectivity index (χ4n) is 5.09. The van der Waals surface area contributed by atoms with E-state index in [4.69, 9.17) is 0 Å². The third kappa shape index (κ3) is 3.22. The number of hydrogen-bond donors (Lipinski definition) is 2. The molecule has 0 spiro atoms. The highest BCUT2D eigenvalue weighted by molar-refractivity contribution is 6.00. The average Bonchev–Trinajstić information content (AvgIpc) is 3.43. The van der Waals surface area contributed by atoms with Crippen molar-refractivity contribution in [2.24, 2.45) is 0 Å². The molecule has 2 N–H and O–H groups in total. The van der Waals surface area contributed by atoms with E-state index in [-0.39, 0.29) is 0 Å². The molecule has 1 aromatic heterocycles. The number of aromatic amines is 1. The normalized spacial score (nSPS) is 13.8. The molecule has 0 fully saturated rings. The van der Waals surface area contributed by atoms with E-state index in [0.717, 1.165) is 30.4 Å². The highest BCUT2D eigenvalue weighted by Gasteiger charge is 2.20. The molecule has 3 heteroatoms. The van der Waals surface area contributed by atoms with Crippen LogP contribution in [0.5, 0.6) is 0 Å². The highest BCUT2D eigenvalue weighted by Crippen LogP contribution is 2.34. The van der Waals surface area contributed by atoms with Gasteiger partial charge in [0.1, 0.15) is 0 Å². The number of nitrogens with one attached hydrogen (secondary N) is 2. The van der Waals surface area contributed by atoms with Crippen LogP contribution in [0, 0.1) is 6.92 Å². The maximum absolute atomic E-state index is 4.47. The van der Waals surface area contributed by atoms with Gasteiger partial charge in [0.25, 0.3) is 0 Å². The minimum absolute atomic E-state index is 0.514. The zero-order valence-corrected chi connectivity index (χ0v) is 17.7. The van der Waals surface area contributed by atoms with E-state index in [1.54, 1.807) is 6.33 Å². The van der Waals surface area contributed by atoms with E-state index in [1.807, 2.05) is 0 Å². The molecular formula is C28H25N3. The summed E-state index contributed by atoms with van der Waals surface area (Å²) in [6.45, 7) is 3.06. The molecule has 0 saturated carbocycles. The number of aryl methyl sites for hydroxylation is 1. The van der Waals surface area contributed by atoms with Gasteiger partial charge in [-0.3, -0.25) is 0 Å². The van der Waals surface area contributed by atoms with Crippen LogP contribution >= 0.6 is 0 Å². The fourth-order valence-corrected chi connectivity index (χ4v) is 5.09. The molecule has 1 aliphatic rings. The van der Waals surface area contributed by atoms with Gasteiger partial charge in [-0.05, 0) is 76.1 Å². The summed E-state index contributed by atoms with van der Waals surface area (Å²) in [4.78, 5) is 7.68. The maximum Gasteiger partial charge on any atom is 0.0931 e. The van der Waals surface area contributed by atoms with Gasteiger partial charge in [-0.15, -0.1) is 0 Å². The summed E-state index contributed by atoms with van der Waals surface area (Å²) in [6, 6.07) is 27.1. The number of fused-ring (bicyclic) bond motifs is 3. The van der Waals surface area contributed by atoms with Gasteiger partial charge in [-0.2, -0.15) is 0 Å². The molecule has 0 bridgehead atoms. The molecule has 5 aromatic rings. The standard InChI is InChI=1S/C28H25N3/c1-18-12-27-28(31-17-30-27)15-26(18)25-11-10-21(23-8-4-5-9-24(23)25)16-29-22-13-19-6-2-3-7-20(19)14-22/h2-12,15,17,22,29H,13-14,16H2,1H3,(H,30,31). The second-order valence-electron chi connectivity index (χ2n) is 8.66. The molecule has 1 aliphatic carbocycles. The molecule has 1 heterocycles. The van der Waals surface area contributed by atoms with Crippen LogP contribution < -0.4 is 5.32 Å². The van der Waals surface area contributed by atoms with Crippen molar-refractivity contribution in [1.82, 2.24) is 15.3 Å². The van der Waals surface area contributed by atoms with Crippen molar-refractivity contribution in [2.45, 2.75) is 32.4 Å². The third-order valence-electron chi connectivity index (χ3n) is 6.70. The molecule has 0 amide bonds. The van der Waals surface area contributed by atoms with E-state index in [9.17, 15) is 0 Å². The number of hydrogen-bond acceptors (Lipinski definition) is 2. The molecule has 152 valence electrons. The zero-order chi connectivity index (χ0) is 20.8. The summed E-state index contributed by atoms with van der Waals surface area (Å²) in [6.07, 6.45) is 4.01. The van der Waals surface area contributed by atoms with Gasteiger partial charge in [-0.25, -0.2) is 4.98 Å². The van der Waals surface area contributed by atoms with Crippen LogP contribution in [0.1, 0.15) is 22.3 Å². The number of rotatable bonds is 4. The van der Waals surface area contributed by atoms with Gasteiger partial charge in [0.15, 0.2) is 0 Å². The van der Waals surface area contributed by atoms with Crippen molar-refractivity contribution in [1.29, 1.82) is 0 Å². The Kier molecular flexibility index (Phi) is 4.36. The van der Waals surface area contributed by atoms with Crippen molar-refractivity contribution in [3.8, 4) is 11.1 Å². The van der Waals surface area contributed by atoms with Crippen molar-refractivity contribution in [2.75, 3.05) is 0 Å². The van der Waals surface area contributed by atoms with Gasteiger partial charge < -0.3 is 10.3 Å². The Balaban J connectivity index is 1.34. The second kappa shape index (κ2) is 7.36. The molecule has 0 saturated heterocycles. The quantitative estimate of drug-likeness (QED) is 0.389. The van der Waals surface area contributed by atoms with E-state index in [1.165, 1.54) is 44.2 Å². The van der Waals surface area contributed by atoms with Crippen LogP contribution in [0.4, 0.5) is 0 Å². The summed E-state index contributed by atoms with van der Waals surface area (Å²) in [5.74, 6) is 0. The summed E-state index contributed by atoms with van der Waals surface area (Å²) >= 11 is 0. The predicted octanol–water partition coefficient (Wildman–Crippen LogP) is 5.95. The first-order valence-electron chi connectivity index (χ1n) is 11.0. The first-order chi connectivity index (χ1) is 15.3. The topological polar surface area (TPSA) is 40.7 Å². The van der Waals surface area contributed by atoms with Crippen molar-refractivity contribution >= 4 is 21.8 Å². The van der Waals surface area contributed by atoms with Crippen LogP contribution in [0.3, 0.4) is 0 Å². The first kappa shape index (κ1) is 18.3. The number of benzene rings is 4. The Morgan fingerprint density at radius 1 is 0.871 bits per heavy atom. The maximum atomic E-state index is 4.47. The molecular weight excluding hydrogens is 378 g/mol. The van der Waals surface area contributed by atoms with E-state index in [0.29, 0.717) is 6.04 Å². The summed E-state index contributed by atoms with van der Waals surface area (Å²) < 4.78 is 0. The lowest BCUT2D eigenvalue weighted by atomic mass is 9.92. The van der Waals surface area contributed by atoms with Crippen LogP contribution in [0.2, 0.25) is 0 Å². The zero-order valence-electron chi connectivity index (χ0n) is 17.7. The van der Waals surface area contributed by atoms with Gasteiger partial charge >= 0.3 is 0 Å². The summed E-state index contributed by atoms with van der Waals surface area (Å²) in [5, 5.41) is 6.44. The Hall–Kier alpha value is -3.43. The lowest BCUT2D eigenvalue weighted by Gasteiger charge is -2.16. The minimum atomic E-state index is 0.514. The largest absolute Gasteiger partial charge is 0.345 e. The Morgan fingerprint density at radius 2 is 1.61 bits per heavy atom. The first-order valence-corrected chi connectivity index (χ1v) is 11.0. The van der Waals surface area contributed by atoms with E-state index in [2.05, 4.69) is 95.0 Å². The van der Waals surface area contributed by atoms with Crippen molar-refractivity contribution < 1.29 is 0 Å². The monoisotopic (exact) mass is 403 g/mol. The third-order valence-corrected chi connectivity index (χ3v) is 6.70. The van der Waals surface area contributed by atoms with Gasteiger partial charge in [-0.1, -0.05) is 60.7 Å². The lowest BCUT2D eigenvalue weighted by Crippen LogP contribution is -2.29. The molecule has 3 nitrogen and oxygen atoms in total. The van der Waals surface area contributed by atoms with Crippen LogP contribution in [-0.2, 0) is 19.4 Å². The molecule has 0 radical (unpaired) electrons. The van der Waals surface area contributed by atoms with E-state index >= 15 is 0 Å². The minimum Gasteiger partial charge on any atom is -0.345 e. The molecule has 0 atom stereocenters. The molecule has 31 heavy (non-hydrogen) atoms. The van der Waals surface area contributed by atoms with E-state index < -0.39 is 0 Å². The Morgan fingerprint density at radius 3 is 2.42 bits per heavy atom. The lowest BCUT2D eigenvalue weighted by molar-refractivity contribution is 0.534. The number of aromatic nitrogens is 2. The van der Waals surface area contributed by atoms with Crippen LogP contribution in [0.25, 0.3) is 32.9 Å². The molecule has 6 rings (SSSR count). The molecule has 4 aromatic carbocycles. The number of nitrogens with zero attached hydrogens (tertiary/aromatic N) is 1. The summed E-state index contributed by atoms with van der Waals surface area (Å²) in [7, 11) is 0. The second-order valence-corrected chi connectivity index (χ2v) is 8.66. The number of imidazole rings is 1. The molecule has 0 aliphatic heterocycles.